The van der Waals surface area contributed by atoms with Crippen LogP contribution >= 0.6 is 39.7 Å². The standard InChI is InChI=1S/C28H25BrClN5OS/c1-17(2)27(36)32-22-12-11-20(16-21(22)30)35-26(25(33-28(35)37)23-9-3-4-13-31-23)24-10-6-14-34(24)19-8-5-7-18(29)15-19/h3-17,25-26H,1-2H3,(H,32,36)(H,33,37)/t25-,26+/m0/s1. The number of halogens is 2. The second-order valence-electron chi connectivity index (χ2n) is 9.09. The molecule has 1 fully saturated rings. The summed E-state index contributed by atoms with van der Waals surface area (Å²) in [7, 11) is 0. The van der Waals surface area contributed by atoms with Gasteiger partial charge in [-0.2, -0.15) is 0 Å². The first-order valence-electron chi connectivity index (χ1n) is 11.9. The Morgan fingerprint density at radius 3 is 2.62 bits per heavy atom. The van der Waals surface area contributed by atoms with Crippen molar-refractivity contribution in [1.29, 1.82) is 0 Å². The Morgan fingerprint density at radius 2 is 1.92 bits per heavy atom. The molecule has 1 amide bonds. The molecule has 0 aliphatic carbocycles. The molecule has 188 valence electrons. The number of hydrogen-bond acceptors (Lipinski definition) is 3. The zero-order valence-electron chi connectivity index (χ0n) is 20.2. The van der Waals surface area contributed by atoms with Crippen LogP contribution in [0.2, 0.25) is 5.02 Å². The van der Waals surface area contributed by atoms with Gasteiger partial charge in [0.25, 0.3) is 0 Å². The van der Waals surface area contributed by atoms with Gasteiger partial charge in [0.1, 0.15) is 6.04 Å². The topological polar surface area (TPSA) is 62.2 Å². The number of nitrogens with one attached hydrogen (secondary N) is 2. The fourth-order valence-electron chi connectivity index (χ4n) is 4.46. The summed E-state index contributed by atoms with van der Waals surface area (Å²) in [4.78, 5) is 18.9. The van der Waals surface area contributed by atoms with Crippen molar-refractivity contribution >= 4 is 62.1 Å². The first-order valence-corrected chi connectivity index (χ1v) is 13.5. The Hall–Kier alpha value is -3.20. The van der Waals surface area contributed by atoms with E-state index in [0.717, 1.165) is 27.2 Å². The molecule has 5 rings (SSSR count). The SMILES string of the molecule is CC(C)C(=O)Nc1ccc(N2C(=S)N[C@@H](c3ccccn3)[C@H]2c2cccn2-c2cccc(Br)c2)cc1Cl. The molecular formula is C28H25BrClN5OS. The molecule has 0 radical (unpaired) electrons. The highest BCUT2D eigenvalue weighted by molar-refractivity contribution is 9.10. The lowest BCUT2D eigenvalue weighted by molar-refractivity contribution is -0.118. The zero-order valence-corrected chi connectivity index (χ0v) is 23.4. The number of thiocarbonyl (C=S) groups is 1. The fraction of sp³-hybridized carbons (Fsp3) is 0.179. The van der Waals surface area contributed by atoms with Crippen LogP contribution in [-0.4, -0.2) is 20.6 Å². The maximum atomic E-state index is 12.2. The van der Waals surface area contributed by atoms with Crippen molar-refractivity contribution in [2.75, 3.05) is 10.2 Å². The van der Waals surface area contributed by atoms with Crippen molar-refractivity contribution < 1.29 is 4.79 Å². The molecule has 3 heterocycles. The van der Waals surface area contributed by atoms with E-state index in [1.807, 2.05) is 74.6 Å². The molecule has 0 unspecified atom stereocenters. The van der Waals surface area contributed by atoms with Crippen molar-refractivity contribution in [3.8, 4) is 5.69 Å². The number of carbonyl (C=O) groups is 1. The number of anilines is 2. The quantitative estimate of drug-likeness (QED) is 0.234. The van der Waals surface area contributed by atoms with Crippen molar-refractivity contribution in [3.63, 3.8) is 0 Å². The molecule has 4 aromatic rings. The first-order chi connectivity index (χ1) is 17.8. The number of pyridine rings is 1. The second kappa shape index (κ2) is 10.7. The third-order valence-electron chi connectivity index (χ3n) is 6.28. The van der Waals surface area contributed by atoms with E-state index in [4.69, 9.17) is 23.8 Å². The van der Waals surface area contributed by atoms with Crippen molar-refractivity contribution in [1.82, 2.24) is 14.9 Å². The van der Waals surface area contributed by atoms with Gasteiger partial charge in [-0.25, -0.2) is 0 Å². The van der Waals surface area contributed by atoms with Crippen molar-refractivity contribution in [2.45, 2.75) is 25.9 Å². The summed E-state index contributed by atoms with van der Waals surface area (Å²) in [6.07, 6.45) is 3.83. The first kappa shape index (κ1) is 25.4. The van der Waals surface area contributed by atoms with E-state index in [9.17, 15) is 4.79 Å². The van der Waals surface area contributed by atoms with E-state index in [0.29, 0.717) is 15.8 Å². The normalized spacial score (nSPS) is 17.2. The number of hydrogen-bond donors (Lipinski definition) is 2. The van der Waals surface area contributed by atoms with Crippen LogP contribution in [0.1, 0.15) is 37.3 Å². The van der Waals surface area contributed by atoms with Crippen LogP contribution in [0.3, 0.4) is 0 Å². The lowest BCUT2D eigenvalue weighted by Crippen LogP contribution is -2.30. The Bertz CT molecular complexity index is 1460. The molecular weight excluding hydrogens is 570 g/mol. The predicted octanol–water partition coefficient (Wildman–Crippen LogP) is 7.06. The van der Waals surface area contributed by atoms with E-state index in [1.165, 1.54) is 0 Å². The minimum atomic E-state index is -0.219. The maximum Gasteiger partial charge on any atom is 0.226 e. The summed E-state index contributed by atoms with van der Waals surface area (Å²) in [6.45, 7) is 3.68. The van der Waals surface area contributed by atoms with Crippen molar-refractivity contribution in [3.05, 3.63) is 106 Å². The van der Waals surface area contributed by atoms with E-state index in [-0.39, 0.29) is 23.9 Å². The zero-order chi connectivity index (χ0) is 26.1. The number of nitrogens with zero attached hydrogens (tertiary/aromatic N) is 3. The monoisotopic (exact) mass is 593 g/mol. The van der Waals surface area contributed by atoms with Crippen LogP contribution in [0.15, 0.2) is 89.7 Å². The molecule has 37 heavy (non-hydrogen) atoms. The lowest BCUT2D eigenvalue weighted by atomic mass is 10.0. The van der Waals surface area contributed by atoms with Gasteiger partial charge in [0.05, 0.1) is 22.4 Å². The van der Waals surface area contributed by atoms with Crippen LogP contribution in [0.4, 0.5) is 11.4 Å². The van der Waals surface area contributed by atoms with Crippen LogP contribution in [0.5, 0.6) is 0 Å². The number of benzene rings is 2. The molecule has 9 heteroatoms. The highest BCUT2D eigenvalue weighted by Gasteiger charge is 2.42. The molecule has 2 aromatic heterocycles. The number of amides is 1. The van der Waals surface area contributed by atoms with Crippen LogP contribution in [-0.2, 0) is 4.79 Å². The molecule has 1 aliphatic rings. The minimum Gasteiger partial charge on any atom is -0.351 e. The lowest BCUT2D eigenvalue weighted by Gasteiger charge is -2.29. The summed E-state index contributed by atoms with van der Waals surface area (Å²) >= 11 is 16.1. The van der Waals surface area contributed by atoms with Gasteiger partial charge in [-0.1, -0.05) is 53.5 Å². The Morgan fingerprint density at radius 1 is 1.08 bits per heavy atom. The third-order valence-corrected chi connectivity index (χ3v) is 7.40. The summed E-state index contributed by atoms with van der Waals surface area (Å²) in [5, 5.41) is 7.39. The molecule has 2 N–H and O–H groups in total. The fourth-order valence-corrected chi connectivity index (χ4v) is 5.42. The molecule has 0 spiro atoms. The van der Waals surface area contributed by atoms with Gasteiger partial charge in [0, 0.05) is 39.9 Å². The van der Waals surface area contributed by atoms with Gasteiger partial charge in [-0.15, -0.1) is 0 Å². The smallest absolute Gasteiger partial charge is 0.226 e. The summed E-state index contributed by atoms with van der Waals surface area (Å²) < 4.78 is 3.15. The molecule has 0 saturated carbocycles. The molecule has 2 atom stereocenters. The van der Waals surface area contributed by atoms with Gasteiger partial charge >= 0.3 is 0 Å². The van der Waals surface area contributed by atoms with Gasteiger partial charge in [0.15, 0.2) is 5.11 Å². The van der Waals surface area contributed by atoms with E-state index < -0.39 is 0 Å². The minimum absolute atomic E-state index is 0.0899. The second-order valence-corrected chi connectivity index (χ2v) is 10.8. The third kappa shape index (κ3) is 5.14. The average Bonchev–Trinajstić information content (AvgIpc) is 3.50. The number of rotatable bonds is 6. The summed E-state index contributed by atoms with van der Waals surface area (Å²) in [5.74, 6) is -0.242. The van der Waals surface area contributed by atoms with Gasteiger partial charge in [-0.05, 0) is 72.9 Å². The van der Waals surface area contributed by atoms with Crippen LogP contribution in [0.25, 0.3) is 5.69 Å². The maximum absolute atomic E-state index is 12.2. The molecule has 1 saturated heterocycles. The summed E-state index contributed by atoms with van der Waals surface area (Å²) in [6, 6.07) is 23.3. The Kier molecular flexibility index (Phi) is 7.33. The Balaban J connectivity index is 1.60. The number of carbonyl (C=O) groups excluding carboxylic acids is 1. The molecule has 6 nitrogen and oxygen atoms in total. The van der Waals surface area contributed by atoms with E-state index in [1.54, 1.807) is 6.20 Å². The van der Waals surface area contributed by atoms with Crippen LogP contribution < -0.4 is 15.5 Å². The van der Waals surface area contributed by atoms with Gasteiger partial charge in [0.2, 0.25) is 5.91 Å². The van der Waals surface area contributed by atoms with E-state index in [2.05, 4.69) is 59.2 Å². The van der Waals surface area contributed by atoms with Gasteiger partial charge in [-0.3, -0.25) is 9.78 Å². The Labute approximate surface area is 234 Å². The van der Waals surface area contributed by atoms with Crippen molar-refractivity contribution in [2.24, 2.45) is 5.92 Å². The predicted molar refractivity (Wildman–Crippen MR) is 156 cm³/mol. The summed E-state index contributed by atoms with van der Waals surface area (Å²) in [5.41, 5.74) is 4.32. The number of aromatic nitrogens is 2. The highest BCUT2D eigenvalue weighted by atomic mass is 79.9. The molecule has 2 aromatic carbocycles. The molecule has 0 bridgehead atoms. The highest BCUT2D eigenvalue weighted by Crippen LogP contribution is 2.43. The van der Waals surface area contributed by atoms with Crippen LogP contribution in [0, 0.1) is 5.92 Å². The largest absolute Gasteiger partial charge is 0.351 e. The van der Waals surface area contributed by atoms with E-state index >= 15 is 0 Å². The molecule has 1 aliphatic heterocycles. The average molecular weight is 595 g/mol. The van der Waals surface area contributed by atoms with Gasteiger partial charge < -0.3 is 20.1 Å².